The van der Waals surface area contributed by atoms with Gasteiger partial charge in [0.25, 0.3) is 0 Å². The minimum absolute atomic E-state index is 0.0291. The van der Waals surface area contributed by atoms with Gasteiger partial charge in [-0.15, -0.1) is 0 Å². The minimum Gasteiger partial charge on any atom is -0.465 e. The van der Waals surface area contributed by atoms with E-state index in [-0.39, 0.29) is 18.5 Å². The van der Waals surface area contributed by atoms with Gasteiger partial charge in [-0.05, 0) is 18.6 Å². The summed E-state index contributed by atoms with van der Waals surface area (Å²) in [5.74, 6) is -0.433. The van der Waals surface area contributed by atoms with Crippen molar-refractivity contribution < 1.29 is 14.3 Å². The SMILES string of the molecule is COC(=O)c1cn(CC(=O)N(C)C(C)c2ccccc2)c2ccccc12. The van der Waals surface area contributed by atoms with Crippen molar-refractivity contribution in [2.24, 2.45) is 0 Å². The summed E-state index contributed by atoms with van der Waals surface area (Å²) < 4.78 is 6.66. The molecule has 0 spiro atoms. The second-order valence-electron chi connectivity index (χ2n) is 6.27. The number of ether oxygens (including phenoxy) is 1. The molecule has 0 radical (unpaired) electrons. The lowest BCUT2D eigenvalue weighted by Gasteiger charge is -2.25. The topological polar surface area (TPSA) is 51.5 Å². The van der Waals surface area contributed by atoms with Crippen LogP contribution < -0.4 is 0 Å². The number of para-hydroxylation sites is 1. The van der Waals surface area contributed by atoms with Gasteiger partial charge in [0.2, 0.25) is 5.91 Å². The maximum absolute atomic E-state index is 12.8. The van der Waals surface area contributed by atoms with Crippen LogP contribution in [0, 0.1) is 0 Å². The van der Waals surface area contributed by atoms with Crippen LogP contribution in [0.1, 0.15) is 28.9 Å². The fraction of sp³-hybridized carbons (Fsp3) is 0.238. The standard InChI is InChI=1S/C21H22N2O3/c1-15(16-9-5-4-6-10-16)22(2)20(24)14-23-13-18(21(25)26-3)17-11-7-8-12-19(17)23/h4-13,15H,14H2,1-3H3. The van der Waals surface area contributed by atoms with Crippen LogP contribution in [-0.2, 0) is 16.1 Å². The highest BCUT2D eigenvalue weighted by atomic mass is 16.5. The number of rotatable bonds is 5. The molecule has 0 aliphatic heterocycles. The van der Waals surface area contributed by atoms with Crippen LogP contribution in [0.2, 0.25) is 0 Å². The summed E-state index contributed by atoms with van der Waals surface area (Å²) in [6.45, 7) is 2.16. The van der Waals surface area contributed by atoms with E-state index in [2.05, 4.69) is 0 Å². The zero-order chi connectivity index (χ0) is 18.7. The van der Waals surface area contributed by atoms with Crippen LogP contribution in [0.4, 0.5) is 0 Å². The molecule has 1 atom stereocenters. The van der Waals surface area contributed by atoms with Crippen LogP contribution in [0.15, 0.2) is 60.8 Å². The molecule has 0 fully saturated rings. The van der Waals surface area contributed by atoms with E-state index in [0.717, 1.165) is 16.5 Å². The number of benzene rings is 2. The zero-order valence-electron chi connectivity index (χ0n) is 15.2. The van der Waals surface area contributed by atoms with Crippen molar-refractivity contribution >= 4 is 22.8 Å². The third-order valence-corrected chi connectivity index (χ3v) is 4.76. The molecule has 3 aromatic rings. The van der Waals surface area contributed by atoms with Crippen LogP contribution in [0.5, 0.6) is 0 Å². The minimum atomic E-state index is -0.404. The Bertz CT molecular complexity index is 931. The van der Waals surface area contributed by atoms with Crippen molar-refractivity contribution in [2.45, 2.75) is 19.5 Å². The highest BCUT2D eigenvalue weighted by molar-refractivity contribution is 6.04. The molecule has 134 valence electrons. The van der Waals surface area contributed by atoms with Crippen LogP contribution >= 0.6 is 0 Å². The molecule has 5 heteroatoms. The van der Waals surface area contributed by atoms with Gasteiger partial charge < -0.3 is 14.2 Å². The second kappa shape index (κ2) is 7.44. The summed E-state index contributed by atoms with van der Waals surface area (Å²) in [5, 5.41) is 0.783. The molecule has 5 nitrogen and oxygen atoms in total. The summed E-state index contributed by atoms with van der Waals surface area (Å²) in [4.78, 5) is 26.6. The average molecular weight is 350 g/mol. The van der Waals surface area contributed by atoms with E-state index in [0.29, 0.717) is 5.56 Å². The summed E-state index contributed by atoms with van der Waals surface area (Å²) in [6, 6.07) is 17.4. The number of carbonyl (C=O) groups is 2. The van der Waals surface area contributed by atoms with Gasteiger partial charge in [-0.3, -0.25) is 4.79 Å². The van der Waals surface area contributed by atoms with Crippen molar-refractivity contribution in [1.29, 1.82) is 0 Å². The first-order valence-corrected chi connectivity index (χ1v) is 8.49. The van der Waals surface area contributed by atoms with Crippen LogP contribution in [0.3, 0.4) is 0 Å². The van der Waals surface area contributed by atoms with E-state index in [1.807, 2.05) is 61.5 Å². The maximum Gasteiger partial charge on any atom is 0.340 e. The number of methoxy groups -OCH3 is 1. The molecule has 1 amide bonds. The monoisotopic (exact) mass is 350 g/mol. The van der Waals surface area contributed by atoms with E-state index in [4.69, 9.17) is 4.74 Å². The Kier molecular flexibility index (Phi) is 5.07. The lowest BCUT2D eigenvalue weighted by Crippen LogP contribution is -2.32. The van der Waals surface area contributed by atoms with Crippen molar-refractivity contribution in [2.75, 3.05) is 14.2 Å². The van der Waals surface area contributed by atoms with Gasteiger partial charge in [-0.1, -0.05) is 48.5 Å². The molecule has 1 unspecified atom stereocenters. The number of esters is 1. The Balaban J connectivity index is 1.86. The van der Waals surface area contributed by atoms with E-state index < -0.39 is 5.97 Å². The number of amides is 1. The molecule has 0 saturated heterocycles. The van der Waals surface area contributed by atoms with Crippen molar-refractivity contribution in [3.8, 4) is 0 Å². The Morgan fingerprint density at radius 2 is 1.73 bits per heavy atom. The predicted octanol–water partition coefficient (Wildman–Crippen LogP) is 3.65. The molecule has 3 rings (SSSR count). The molecule has 1 heterocycles. The molecule has 0 saturated carbocycles. The Morgan fingerprint density at radius 1 is 1.08 bits per heavy atom. The Hall–Kier alpha value is -3.08. The molecular formula is C21H22N2O3. The van der Waals surface area contributed by atoms with E-state index in [1.165, 1.54) is 7.11 Å². The Labute approximate surface area is 152 Å². The first-order valence-electron chi connectivity index (χ1n) is 8.49. The largest absolute Gasteiger partial charge is 0.465 e. The van der Waals surface area contributed by atoms with E-state index >= 15 is 0 Å². The van der Waals surface area contributed by atoms with E-state index in [1.54, 1.807) is 22.7 Å². The molecule has 1 aromatic heterocycles. The van der Waals surface area contributed by atoms with Gasteiger partial charge in [0.1, 0.15) is 6.54 Å². The van der Waals surface area contributed by atoms with Gasteiger partial charge in [-0.25, -0.2) is 4.79 Å². The quantitative estimate of drug-likeness (QED) is 0.660. The molecular weight excluding hydrogens is 328 g/mol. The van der Waals surface area contributed by atoms with Crippen LogP contribution in [-0.4, -0.2) is 35.5 Å². The fourth-order valence-corrected chi connectivity index (χ4v) is 3.08. The Morgan fingerprint density at radius 3 is 2.42 bits per heavy atom. The number of aromatic nitrogens is 1. The van der Waals surface area contributed by atoms with Gasteiger partial charge in [0, 0.05) is 24.1 Å². The van der Waals surface area contributed by atoms with Gasteiger partial charge in [0.05, 0.1) is 18.7 Å². The number of hydrogen-bond donors (Lipinski definition) is 0. The molecule has 0 bridgehead atoms. The number of fused-ring (bicyclic) bond motifs is 1. The maximum atomic E-state index is 12.8. The zero-order valence-corrected chi connectivity index (χ0v) is 15.2. The first-order chi connectivity index (χ1) is 12.5. The van der Waals surface area contributed by atoms with Crippen molar-refractivity contribution in [3.63, 3.8) is 0 Å². The number of carbonyl (C=O) groups excluding carboxylic acids is 2. The normalized spacial score (nSPS) is 12.0. The molecule has 26 heavy (non-hydrogen) atoms. The summed E-state index contributed by atoms with van der Waals surface area (Å²) in [6.07, 6.45) is 1.69. The molecule has 2 aromatic carbocycles. The third kappa shape index (κ3) is 3.33. The number of likely N-dealkylation sites (N-methyl/N-ethyl adjacent to an activating group) is 1. The van der Waals surface area contributed by atoms with Gasteiger partial charge in [-0.2, -0.15) is 0 Å². The van der Waals surface area contributed by atoms with Gasteiger partial charge in [0.15, 0.2) is 0 Å². The average Bonchev–Trinajstić information content (AvgIpc) is 3.05. The summed E-state index contributed by atoms with van der Waals surface area (Å²) >= 11 is 0. The molecule has 0 aliphatic rings. The fourth-order valence-electron chi connectivity index (χ4n) is 3.08. The number of nitrogens with zero attached hydrogens (tertiary/aromatic N) is 2. The smallest absolute Gasteiger partial charge is 0.340 e. The molecule has 0 N–H and O–H groups in total. The second-order valence-corrected chi connectivity index (χ2v) is 6.27. The molecule has 0 aliphatic carbocycles. The predicted molar refractivity (Wildman–Crippen MR) is 101 cm³/mol. The number of hydrogen-bond acceptors (Lipinski definition) is 3. The van der Waals surface area contributed by atoms with Crippen LogP contribution in [0.25, 0.3) is 10.9 Å². The van der Waals surface area contributed by atoms with Crippen molar-refractivity contribution in [1.82, 2.24) is 9.47 Å². The highest BCUT2D eigenvalue weighted by Crippen LogP contribution is 2.23. The van der Waals surface area contributed by atoms with E-state index in [9.17, 15) is 9.59 Å². The summed E-state index contributed by atoms with van der Waals surface area (Å²) in [5.41, 5.74) is 2.38. The summed E-state index contributed by atoms with van der Waals surface area (Å²) in [7, 11) is 3.15. The van der Waals surface area contributed by atoms with Crippen molar-refractivity contribution in [3.05, 3.63) is 71.9 Å². The van der Waals surface area contributed by atoms with Gasteiger partial charge >= 0.3 is 5.97 Å². The third-order valence-electron chi connectivity index (χ3n) is 4.76. The first kappa shape index (κ1) is 17.7. The highest BCUT2D eigenvalue weighted by Gasteiger charge is 2.20. The lowest BCUT2D eigenvalue weighted by atomic mass is 10.1. The lowest BCUT2D eigenvalue weighted by molar-refractivity contribution is -0.132.